The summed E-state index contributed by atoms with van der Waals surface area (Å²) in [6.07, 6.45) is 4.70. The molecule has 0 fully saturated rings. The van der Waals surface area contributed by atoms with Crippen LogP contribution in [0.1, 0.15) is 15.9 Å². The van der Waals surface area contributed by atoms with Gasteiger partial charge in [-0.2, -0.15) is 0 Å². The second-order valence-electron chi connectivity index (χ2n) is 5.17. The Balaban J connectivity index is 1.85. The Morgan fingerprint density at radius 2 is 1.96 bits per heavy atom. The lowest BCUT2D eigenvalue weighted by Crippen LogP contribution is -2.22. The molecule has 0 unspecified atom stereocenters. The van der Waals surface area contributed by atoms with Crippen LogP contribution in [-0.4, -0.2) is 15.5 Å². The van der Waals surface area contributed by atoms with Gasteiger partial charge >= 0.3 is 0 Å². The Kier molecular flexibility index (Phi) is 4.72. The van der Waals surface area contributed by atoms with E-state index in [1.807, 2.05) is 18.2 Å². The average molecular weight is 340 g/mol. The van der Waals surface area contributed by atoms with Gasteiger partial charge in [0.25, 0.3) is 11.5 Å². The highest BCUT2D eigenvalue weighted by molar-refractivity contribution is 6.31. The van der Waals surface area contributed by atoms with Crippen molar-refractivity contribution in [3.63, 3.8) is 0 Å². The van der Waals surface area contributed by atoms with Crippen molar-refractivity contribution in [2.24, 2.45) is 0 Å². The van der Waals surface area contributed by atoms with Crippen molar-refractivity contribution < 1.29 is 4.79 Å². The maximum absolute atomic E-state index is 12.3. The summed E-state index contributed by atoms with van der Waals surface area (Å²) >= 11 is 6.13. The van der Waals surface area contributed by atoms with Gasteiger partial charge in [-0.05, 0) is 29.8 Å². The van der Waals surface area contributed by atoms with E-state index >= 15 is 0 Å². The zero-order chi connectivity index (χ0) is 16.9. The highest BCUT2D eigenvalue weighted by atomic mass is 35.5. The minimum Gasteiger partial charge on any atom is -0.321 e. The number of hydrogen-bond donors (Lipinski definition) is 1. The minimum absolute atomic E-state index is 0.201. The quantitative estimate of drug-likeness (QED) is 0.794. The predicted molar refractivity (Wildman–Crippen MR) is 93.4 cm³/mol. The molecule has 0 radical (unpaired) electrons. The number of nitrogens with one attached hydrogen (secondary N) is 1. The number of hydrogen-bond acceptors (Lipinski definition) is 3. The first kappa shape index (κ1) is 16.0. The Labute approximate surface area is 143 Å². The molecule has 0 aliphatic rings. The molecule has 0 bridgehead atoms. The summed E-state index contributed by atoms with van der Waals surface area (Å²) < 4.78 is 1.46. The van der Waals surface area contributed by atoms with Gasteiger partial charge in [0.2, 0.25) is 0 Å². The van der Waals surface area contributed by atoms with Crippen LogP contribution in [0.3, 0.4) is 0 Å². The van der Waals surface area contributed by atoms with Gasteiger partial charge in [-0.3, -0.25) is 14.6 Å². The number of amides is 1. The molecule has 0 atom stereocenters. The van der Waals surface area contributed by atoms with Crippen LogP contribution in [0.2, 0.25) is 5.02 Å². The van der Waals surface area contributed by atoms with Crippen LogP contribution in [0.5, 0.6) is 0 Å². The summed E-state index contributed by atoms with van der Waals surface area (Å²) in [6, 6.07) is 13.6. The number of carbonyl (C=O) groups excluding carboxylic acids is 1. The molecular formula is C18H14ClN3O2. The summed E-state index contributed by atoms with van der Waals surface area (Å²) in [5.74, 6) is -0.309. The second kappa shape index (κ2) is 7.10. The van der Waals surface area contributed by atoms with Crippen LogP contribution in [-0.2, 0) is 6.54 Å². The Hall–Kier alpha value is -2.92. The van der Waals surface area contributed by atoms with E-state index in [0.717, 1.165) is 5.56 Å². The van der Waals surface area contributed by atoms with Crippen molar-refractivity contribution in [1.82, 2.24) is 9.55 Å². The number of anilines is 1. The van der Waals surface area contributed by atoms with Crippen molar-refractivity contribution in [2.45, 2.75) is 6.54 Å². The van der Waals surface area contributed by atoms with Gasteiger partial charge in [0.05, 0.1) is 24.0 Å². The van der Waals surface area contributed by atoms with E-state index in [0.29, 0.717) is 22.8 Å². The molecular weight excluding hydrogens is 326 g/mol. The summed E-state index contributed by atoms with van der Waals surface area (Å²) in [5.41, 5.74) is 1.58. The first-order chi connectivity index (χ1) is 11.6. The highest BCUT2D eigenvalue weighted by Crippen LogP contribution is 2.16. The molecule has 6 heteroatoms. The standard InChI is InChI=1S/C18H14ClN3O2/c19-16-6-2-1-4-13(16)11-22-12-14(7-8-17(22)23)18(24)21-15-5-3-9-20-10-15/h1-10,12H,11H2,(H,21,24). The van der Waals surface area contributed by atoms with Crippen LogP contribution in [0.25, 0.3) is 0 Å². The SMILES string of the molecule is O=C(Nc1cccnc1)c1ccc(=O)n(Cc2ccccc2Cl)c1. The molecule has 0 aliphatic carbocycles. The molecule has 120 valence electrons. The lowest BCUT2D eigenvalue weighted by Gasteiger charge is -2.10. The Bertz CT molecular complexity index is 923. The fourth-order valence-electron chi connectivity index (χ4n) is 2.24. The summed E-state index contributed by atoms with van der Waals surface area (Å²) in [4.78, 5) is 28.3. The fraction of sp³-hybridized carbons (Fsp3) is 0.0556. The Morgan fingerprint density at radius 3 is 2.71 bits per heavy atom. The number of pyridine rings is 2. The number of benzene rings is 1. The van der Waals surface area contributed by atoms with E-state index < -0.39 is 0 Å². The zero-order valence-electron chi connectivity index (χ0n) is 12.6. The molecule has 0 saturated carbocycles. The highest BCUT2D eigenvalue weighted by Gasteiger charge is 2.09. The summed E-state index contributed by atoms with van der Waals surface area (Å²) in [6.45, 7) is 0.298. The first-order valence-electron chi connectivity index (χ1n) is 7.29. The van der Waals surface area contributed by atoms with Gasteiger partial charge in [-0.15, -0.1) is 0 Å². The van der Waals surface area contributed by atoms with E-state index in [4.69, 9.17) is 11.6 Å². The molecule has 5 nitrogen and oxygen atoms in total. The predicted octanol–water partition coefficient (Wildman–Crippen LogP) is 3.20. The van der Waals surface area contributed by atoms with Gasteiger partial charge in [0.15, 0.2) is 0 Å². The van der Waals surface area contributed by atoms with Gasteiger partial charge in [-0.1, -0.05) is 29.8 Å². The number of aromatic nitrogens is 2. The van der Waals surface area contributed by atoms with E-state index in [9.17, 15) is 9.59 Å². The third-order valence-corrected chi connectivity index (χ3v) is 3.83. The molecule has 0 saturated heterocycles. The molecule has 0 aliphatic heterocycles. The summed E-state index contributed by atoms with van der Waals surface area (Å²) in [7, 11) is 0. The molecule has 1 aromatic carbocycles. The Morgan fingerprint density at radius 1 is 1.12 bits per heavy atom. The van der Waals surface area contributed by atoms with Crippen LogP contribution < -0.4 is 10.9 Å². The topological polar surface area (TPSA) is 64.0 Å². The normalized spacial score (nSPS) is 10.4. The molecule has 1 N–H and O–H groups in total. The summed E-state index contributed by atoms with van der Waals surface area (Å²) in [5, 5.41) is 3.32. The molecule has 24 heavy (non-hydrogen) atoms. The monoisotopic (exact) mass is 339 g/mol. The number of rotatable bonds is 4. The van der Waals surface area contributed by atoms with Crippen molar-refractivity contribution >= 4 is 23.2 Å². The number of halogens is 1. The molecule has 3 rings (SSSR count). The van der Waals surface area contributed by atoms with Crippen LogP contribution in [0.15, 0.2) is 71.9 Å². The van der Waals surface area contributed by atoms with Crippen molar-refractivity contribution in [3.8, 4) is 0 Å². The zero-order valence-corrected chi connectivity index (χ0v) is 13.4. The minimum atomic E-state index is -0.309. The van der Waals surface area contributed by atoms with Crippen molar-refractivity contribution in [2.75, 3.05) is 5.32 Å². The maximum Gasteiger partial charge on any atom is 0.257 e. The molecule has 0 spiro atoms. The average Bonchev–Trinajstić information content (AvgIpc) is 2.59. The molecule has 2 aromatic heterocycles. The third-order valence-electron chi connectivity index (χ3n) is 3.46. The smallest absolute Gasteiger partial charge is 0.257 e. The lowest BCUT2D eigenvalue weighted by molar-refractivity contribution is 0.102. The lowest BCUT2D eigenvalue weighted by atomic mass is 10.2. The van der Waals surface area contributed by atoms with E-state index in [-0.39, 0.29) is 11.5 Å². The van der Waals surface area contributed by atoms with E-state index in [1.54, 1.807) is 30.6 Å². The van der Waals surface area contributed by atoms with Crippen LogP contribution in [0, 0.1) is 0 Å². The first-order valence-corrected chi connectivity index (χ1v) is 7.66. The largest absolute Gasteiger partial charge is 0.321 e. The van der Waals surface area contributed by atoms with Crippen molar-refractivity contribution in [3.05, 3.63) is 93.6 Å². The van der Waals surface area contributed by atoms with Crippen LogP contribution >= 0.6 is 11.6 Å². The molecule has 1 amide bonds. The van der Waals surface area contributed by atoms with Crippen molar-refractivity contribution in [1.29, 1.82) is 0 Å². The van der Waals surface area contributed by atoms with Gasteiger partial charge < -0.3 is 9.88 Å². The fourth-order valence-corrected chi connectivity index (χ4v) is 2.43. The van der Waals surface area contributed by atoms with E-state index in [2.05, 4.69) is 10.3 Å². The maximum atomic E-state index is 12.3. The second-order valence-corrected chi connectivity index (χ2v) is 5.58. The molecule has 3 aromatic rings. The number of nitrogens with zero attached hydrogens (tertiary/aromatic N) is 2. The van der Waals surface area contributed by atoms with E-state index in [1.165, 1.54) is 22.9 Å². The number of carbonyl (C=O) groups is 1. The van der Waals surface area contributed by atoms with Gasteiger partial charge in [-0.25, -0.2) is 0 Å². The van der Waals surface area contributed by atoms with Gasteiger partial charge in [0, 0.05) is 23.5 Å². The van der Waals surface area contributed by atoms with Gasteiger partial charge in [0.1, 0.15) is 0 Å². The molecule has 2 heterocycles. The van der Waals surface area contributed by atoms with Crippen LogP contribution in [0.4, 0.5) is 5.69 Å². The third kappa shape index (κ3) is 3.70.